The molecule has 1 aromatic heterocycles. The molecule has 140 valence electrons. The summed E-state index contributed by atoms with van der Waals surface area (Å²) in [5, 5.41) is 3.19. The molecular weight excluding hydrogens is 475 g/mol. The number of anilines is 1. The Morgan fingerprint density at radius 3 is 2.16 bits per heavy atom. The van der Waals surface area contributed by atoms with Gasteiger partial charge >= 0.3 is 6.18 Å². The first-order valence-corrected chi connectivity index (χ1v) is 11.1. The van der Waals surface area contributed by atoms with Crippen LogP contribution in [0.15, 0.2) is 16.6 Å². The molecule has 14 heteroatoms. The monoisotopic (exact) mass is 483 g/mol. The molecule has 0 radical (unpaired) electrons. The maximum absolute atomic E-state index is 12.8. The minimum absolute atomic E-state index is 0.0481. The number of benzene rings is 1. The van der Waals surface area contributed by atoms with E-state index in [1.807, 2.05) is 0 Å². The van der Waals surface area contributed by atoms with Crippen molar-refractivity contribution in [3.05, 3.63) is 21.6 Å². The van der Waals surface area contributed by atoms with Gasteiger partial charge in [0.25, 0.3) is 0 Å². The standard InChI is InChI=1S/C11H10BrClF3N3O4S2/c1-24(20,21)19(25(2,22)23)10-8-7(13)4-3-6(12)9(8)18(17-10)5-11(14,15)16/h3-4H,5H2,1-2H3. The van der Waals surface area contributed by atoms with Crippen molar-refractivity contribution < 1.29 is 30.0 Å². The number of hydrogen-bond acceptors (Lipinski definition) is 5. The van der Waals surface area contributed by atoms with E-state index >= 15 is 0 Å². The number of nitrogens with zero attached hydrogens (tertiary/aromatic N) is 3. The number of rotatable bonds is 4. The average molecular weight is 485 g/mol. The molecule has 0 amide bonds. The number of halogens is 5. The van der Waals surface area contributed by atoms with Crippen LogP contribution >= 0.6 is 27.5 Å². The van der Waals surface area contributed by atoms with Gasteiger partial charge in [-0.1, -0.05) is 11.6 Å². The van der Waals surface area contributed by atoms with E-state index < -0.39 is 38.6 Å². The van der Waals surface area contributed by atoms with Crippen LogP contribution in [0.4, 0.5) is 19.0 Å². The van der Waals surface area contributed by atoms with Gasteiger partial charge in [0.1, 0.15) is 6.54 Å². The van der Waals surface area contributed by atoms with E-state index in [1.165, 1.54) is 12.1 Å². The minimum atomic E-state index is -4.68. The summed E-state index contributed by atoms with van der Waals surface area (Å²) in [5.74, 6) is -0.726. The third-order valence-electron chi connectivity index (χ3n) is 2.88. The zero-order valence-electron chi connectivity index (χ0n) is 12.5. The van der Waals surface area contributed by atoms with E-state index in [4.69, 9.17) is 11.6 Å². The van der Waals surface area contributed by atoms with Crippen LogP contribution in [-0.4, -0.2) is 45.3 Å². The summed E-state index contributed by atoms with van der Waals surface area (Å²) in [4.78, 5) is 0. The lowest BCUT2D eigenvalue weighted by Crippen LogP contribution is -2.35. The van der Waals surface area contributed by atoms with Crippen LogP contribution in [-0.2, 0) is 26.6 Å². The fraction of sp³-hybridized carbons (Fsp3) is 0.364. The Kier molecular flexibility index (Phi) is 5.09. The quantitative estimate of drug-likeness (QED) is 0.666. The van der Waals surface area contributed by atoms with Crippen molar-refractivity contribution in [2.45, 2.75) is 12.7 Å². The summed E-state index contributed by atoms with van der Waals surface area (Å²) >= 11 is 9.04. The van der Waals surface area contributed by atoms with Crippen molar-refractivity contribution in [2.75, 3.05) is 16.2 Å². The Morgan fingerprint density at radius 2 is 1.72 bits per heavy atom. The highest BCUT2D eigenvalue weighted by atomic mass is 79.9. The number of sulfonamides is 2. The van der Waals surface area contributed by atoms with Crippen LogP contribution in [0.5, 0.6) is 0 Å². The van der Waals surface area contributed by atoms with Crippen molar-refractivity contribution in [1.29, 1.82) is 0 Å². The highest BCUT2D eigenvalue weighted by Gasteiger charge is 2.36. The molecule has 2 rings (SSSR count). The van der Waals surface area contributed by atoms with Crippen molar-refractivity contribution in [3.8, 4) is 0 Å². The van der Waals surface area contributed by atoms with Crippen LogP contribution < -0.4 is 3.71 Å². The molecule has 0 spiro atoms. The molecule has 1 heterocycles. The van der Waals surface area contributed by atoms with Crippen molar-refractivity contribution >= 4 is 64.3 Å². The molecule has 7 nitrogen and oxygen atoms in total. The van der Waals surface area contributed by atoms with Gasteiger partial charge in [0.05, 0.1) is 28.4 Å². The highest BCUT2D eigenvalue weighted by molar-refractivity contribution is 9.10. The van der Waals surface area contributed by atoms with Gasteiger partial charge in [-0.3, -0.25) is 4.68 Å². The van der Waals surface area contributed by atoms with E-state index in [0.29, 0.717) is 17.2 Å². The molecule has 2 aromatic rings. The van der Waals surface area contributed by atoms with Gasteiger partial charge in [0.15, 0.2) is 5.82 Å². The van der Waals surface area contributed by atoms with E-state index in [2.05, 4.69) is 21.0 Å². The normalized spacial score (nSPS) is 13.4. The van der Waals surface area contributed by atoms with Gasteiger partial charge in [-0.15, -0.1) is 3.71 Å². The smallest absolute Gasteiger partial charge is 0.252 e. The molecule has 0 fully saturated rings. The number of aromatic nitrogens is 2. The summed E-state index contributed by atoms with van der Waals surface area (Å²) < 4.78 is 86.7. The number of fused-ring (bicyclic) bond motifs is 1. The second kappa shape index (κ2) is 6.28. The van der Waals surface area contributed by atoms with Gasteiger partial charge in [0.2, 0.25) is 20.0 Å². The summed E-state index contributed by atoms with van der Waals surface area (Å²) in [6.45, 7) is -1.57. The molecular formula is C11H10BrClF3N3O4S2. The van der Waals surface area contributed by atoms with Crippen molar-refractivity contribution in [3.63, 3.8) is 0 Å². The largest absolute Gasteiger partial charge is 0.408 e. The molecule has 25 heavy (non-hydrogen) atoms. The van der Waals surface area contributed by atoms with Gasteiger partial charge in [0, 0.05) is 4.47 Å². The first kappa shape index (κ1) is 20.3. The molecule has 0 aliphatic heterocycles. The van der Waals surface area contributed by atoms with E-state index in [1.54, 1.807) is 0 Å². The second-order valence-corrected chi connectivity index (χ2v) is 10.2. The molecule has 0 bridgehead atoms. The molecule has 0 unspecified atom stereocenters. The molecule has 0 aliphatic carbocycles. The molecule has 0 aliphatic rings. The first-order chi connectivity index (χ1) is 11.1. The van der Waals surface area contributed by atoms with Gasteiger partial charge in [-0.05, 0) is 28.1 Å². The van der Waals surface area contributed by atoms with Crippen molar-refractivity contribution in [1.82, 2.24) is 9.78 Å². The van der Waals surface area contributed by atoms with Crippen LogP contribution in [0.1, 0.15) is 0 Å². The summed E-state index contributed by atoms with van der Waals surface area (Å²) in [6, 6.07) is 2.62. The molecule has 0 atom stereocenters. The lowest BCUT2D eigenvalue weighted by molar-refractivity contribution is -0.141. The third-order valence-corrected chi connectivity index (χ3v) is 7.01. The predicted octanol–water partition coefficient (Wildman–Crippen LogP) is 2.74. The maximum atomic E-state index is 12.8. The zero-order valence-corrected chi connectivity index (χ0v) is 16.5. The predicted molar refractivity (Wildman–Crippen MR) is 90.7 cm³/mol. The van der Waals surface area contributed by atoms with Gasteiger partial charge in [-0.25, -0.2) is 16.8 Å². The van der Waals surface area contributed by atoms with Gasteiger partial charge in [-0.2, -0.15) is 18.3 Å². The maximum Gasteiger partial charge on any atom is 0.408 e. The Hall–Kier alpha value is -1.05. The van der Waals surface area contributed by atoms with E-state index in [9.17, 15) is 30.0 Å². The zero-order chi connectivity index (χ0) is 19.4. The fourth-order valence-corrected chi connectivity index (χ4v) is 5.82. The Bertz CT molecular complexity index is 1020. The summed E-state index contributed by atoms with van der Waals surface area (Å²) in [7, 11) is -8.83. The summed E-state index contributed by atoms with van der Waals surface area (Å²) in [5.41, 5.74) is -0.183. The average Bonchev–Trinajstić information content (AvgIpc) is 2.68. The Labute approximate surface area is 154 Å². The molecule has 1 aromatic carbocycles. The summed E-state index contributed by atoms with van der Waals surface area (Å²) in [6.07, 6.45) is -3.50. The van der Waals surface area contributed by atoms with Crippen LogP contribution in [0.3, 0.4) is 0 Å². The second-order valence-electron chi connectivity index (χ2n) is 5.07. The Morgan fingerprint density at radius 1 is 1.20 bits per heavy atom. The van der Waals surface area contributed by atoms with Crippen LogP contribution in [0, 0.1) is 0 Å². The molecule has 0 saturated heterocycles. The SMILES string of the molecule is CS(=O)(=O)N(c1nn(CC(F)(F)F)c2c(Br)ccc(Cl)c12)S(C)(=O)=O. The Balaban J connectivity index is 2.97. The van der Waals surface area contributed by atoms with Crippen molar-refractivity contribution in [2.24, 2.45) is 0 Å². The molecule has 0 saturated carbocycles. The first-order valence-electron chi connectivity index (χ1n) is 6.24. The highest BCUT2D eigenvalue weighted by Crippen LogP contribution is 2.39. The number of alkyl halides is 3. The number of hydrogen-bond donors (Lipinski definition) is 0. The van der Waals surface area contributed by atoms with E-state index in [0.717, 1.165) is 0 Å². The van der Waals surface area contributed by atoms with Gasteiger partial charge < -0.3 is 0 Å². The fourth-order valence-electron chi connectivity index (χ4n) is 2.19. The van der Waals surface area contributed by atoms with Crippen LogP contribution in [0.25, 0.3) is 10.9 Å². The van der Waals surface area contributed by atoms with E-state index in [-0.39, 0.29) is 24.1 Å². The molecule has 0 N–H and O–H groups in total. The lowest BCUT2D eigenvalue weighted by Gasteiger charge is -2.17. The lowest BCUT2D eigenvalue weighted by atomic mass is 10.2. The van der Waals surface area contributed by atoms with Crippen LogP contribution in [0.2, 0.25) is 5.02 Å². The third kappa shape index (κ3) is 4.20. The minimum Gasteiger partial charge on any atom is -0.252 e. The topological polar surface area (TPSA) is 89.3 Å².